The number of rotatable bonds is 2. The molecule has 0 saturated heterocycles. The second-order valence-electron chi connectivity index (χ2n) is 3.36. The second kappa shape index (κ2) is 4.54. The van der Waals surface area contributed by atoms with Crippen molar-refractivity contribution in [2.45, 2.75) is 0 Å². The van der Waals surface area contributed by atoms with Crippen LogP contribution in [-0.4, -0.2) is 7.11 Å². The zero-order valence-corrected chi connectivity index (χ0v) is 9.46. The van der Waals surface area contributed by atoms with E-state index in [0.717, 1.165) is 5.56 Å². The van der Waals surface area contributed by atoms with Crippen LogP contribution in [0.1, 0.15) is 0 Å². The zero-order chi connectivity index (χ0) is 11.5. The van der Waals surface area contributed by atoms with Crippen molar-refractivity contribution in [2.75, 3.05) is 7.11 Å². The zero-order valence-electron chi connectivity index (χ0n) is 8.71. The molecule has 0 saturated carbocycles. The molecule has 0 atom stereocenters. The van der Waals surface area contributed by atoms with E-state index in [1.54, 1.807) is 13.2 Å². The first-order valence-corrected chi connectivity index (χ1v) is 5.18. The largest absolute Gasteiger partial charge is 0.496 e. The van der Waals surface area contributed by atoms with Gasteiger partial charge in [0.25, 0.3) is 0 Å². The Balaban J connectivity index is 2.58. The number of benzene rings is 2. The molecule has 0 radical (unpaired) electrons. The summed E-state index contributed by atoms with van der Waals surface area (Å²) in [5.41, 5.74) is 1.54. The van der Waals surface area contributed by atoms with Crippen LogP contribution < -0.4 is 4.74 Å². The molecule has 2 aromatic rings. The van der Waals surface area contributed by atoms with Gasteiger partial charge in [-0.1, -0.05) is 29.8 Å². The molecule has 1 nitrogen and oxygen atoms in total. The van der Waals surface area contributed by atoms with E-state index in [9.17, 15) is 4.39 Å². The third kappa shape index (κ3) is 2.17. The molecule has 0 aliphatic carbocycles. The van der Waals surface area contributed by atoms with Crippen LogP contribution in [0.5, 0.6) is 5.75 Å². The fourth-order valence-electron chi connectivity index (χ4n) is 1.59. The molecule has 0 unspecified atom stereocenters. The lowest BCUT2D eigenvalue weighted by Gasteiger charge is -2.08. The lowest BCUT2D eigenvalue weighted by molar-refractivity contribution is 0.416. The Hall–Kier alpha value is -1.54. The van der Waals surface area contributed by atoms with Crippen molar-refractivity contribution in [2.24, 2.45) is 0 Å². The van der Waals surface area contributed by atoms with Crippen LogP contribution in [0.15, 0.2) is 42.5 Å². The van der Waals surface area contributed by atoms with Gasteiger partial charge in [0.15, 0.2) is 0 Å². The third-order valence-corrected chi connectivity index (χ3v) is 2.50. The Labute approximate surface area is 98.4 Å². The Morgan fingerprint density at radius 3 is 2.56 bits per heavy atom. The van der Waals surface area contributed by atoms with Gasteiger partial charge in [0.2, 0.25) is 0 Å². The van der Waals surface area contributed by atoms with Crippen molar-refractivity contribution in [1.82, 2.24) is 0 Å². The van der Waals surface area contributed by atoms with Gasteiger partial charge in [0.05, 0.1) is 7.11 Å². The average molecular weight is 237 g/mol. The summed E-state index contributed by atoms with van der Waals surface area (Å²) in [6.07, 6.45) is 0. The van der Waals surface area contributed by atoms with E-state index < -0.39 is 0 Å². The number of methoxy groups -OCH3 is 1. The molecular formula is C13H10ClFO. The Morgan fingerprint density at radius 1 is 1.12 bits per heavy atom. The van der Waals surface area contributed by atoms with E-state index in [0.29, 0.717) is 16.3 Å². The van der Waals surface area contributed by atoms with Crippen LogP contribution in [0, 0.1) is 5.82 Å². The molecular weight excluding hydrogens is 227 g/mol. The van der Waals surface area contributed by atoms with Gasteiger partial charge in [-0.25, -0.2) is 4.39 Å². The van der Waals surface area contributed by atoms with Crippen LogP contribution in [0.2, 0.25) is 5.02 Å². The molecule has 0 amide bonds. The minimum atomic E-state index is -0.353. The van der Waals surface area contributed by atoms with Crippen molar-refractivity contribution in [3.05, 3.63) is 53.3 Å². The molecule has 2 aromatic carbocycles. The maximum absolute atomic E-state index is 13.2. The molecule has 16 heavy (non-hydrogen) atoms. The van der Waals surface area contributed by atoms with Crippen molar-refractivity contribution >= 4 is 11.6 Å². The van der Waals surface area contributed by atoms with E-state index in [2.05, 4.69) is 0 Å². The lowest BCUT2D eigenvalue weighted by atomic mass is 10.0. The summed E-state index contributed by atoms with van der Waals surface area (Å²) in [5, 5.41) is 0.376. The summed E-state index contributed by atoms with van der Waals surface area (Å²) in [7, 11) is 1.58. The van der Waals surface area contributed by atoms with Gasteiger partial charge in [-0.3, -0.25) is 0 Å². The second-order valence-corrected chi connectivity index (χ2v) is 3.79. The van der Waals surface area contributed by atoms with E-state index in [1.807, 2.05) is 24.3 Å². The van der Waals surface area contributed by atoms with E-state index in [1.165, 1.54) is 12.1 Å². The standard InChI is InChI=1S/C13H10ClFO/c1-16-13-5-3-2-4-12(13)9-6-10(14)8-11(15)7-9/h2-8H,1H3. The average Bonchev–Trinajstić information content (AvgIpc) is 2.27. The molecule has 0 spiro atoms. The van der Waals surface area contributed by atoms with Crippen molar-refractivity contribution in [3.63, 3.8) is 0 Å². The maximum atomic E-state index is 13.2. The van der Waals surface area contributed by atoms with Crippen LogP contribution in [-0.2, 0) is 0 Å². The summed E-state index contributed by atoms with van der Waals surface area (Å²) in [6.45, 7) is 0. The van der Waals surface area contributed by atoms with E-state index in [-0.39, 0.29) is 5.82 Å². The van der Waals surface area contributed by atoms with Gasteiger partial charge in [0.1, 0.15) is 11.6 Å². The van der Waals surface area contributed by atoms with Gasteiger partial charge in [-0.05, 0) is 29.8 Å². The smallest absolute Gasteiger partial charge is 0.126 e. The first-order valence-electron chi connectivity index (χ1n) is 4.80. The fourth-order valence-corrected chi connectivity index (χ4v) is 1.81. The SMILES string of the molecule is COc1ccccc1-c1cc(F)cc(Cl)c1. The van der Waals surface area contributed by atoms with Crippen LogP contribution in [0.4, 0.5) is 4.39 Å². The normalized spacial score (nSPS) is 10.2. The lowest BCUT2D eigenvalue weighted by Crippen LogP contribution is -1.88. The first kappa shape index (κ1) is 11.0. The number of para-hydroxylation sites is 1. The Bertz CT molecular complexity index is 491. The molecule has 2 rings (SSSR count). The molecule has 0 fully saturated rings. The van der Waals surface area contributed by atoms with Gasteiger partial charge in [-0.15, -0.1) is 0 Å². The van der Waals surface area contributed by atoms with Crippen LogP contribution in [0.25, 0.3) is 11.1 Å². The molecule has 3 heteroatoms. The van der Waals surface area contributed by atoms with E-state index in [4.69, 9.17) is 16.3 Å². The summed E-state index contributed by atoms with van der Waals surface area (Å²) < 4.78 is 18.4. The highest BCUT2D eigenvalue weighted by atomic mass is 35.5. The maximum Gasteiger partial charge on any atom is 0.126 e. The minimum Gasteiger partial charge on any atom is -0.496 e. The molecule has 0 aliphatic rings. The highest BCUT2D eigenvalue weighted by molar-refractivity contribution is 6.30. The molecule has 0 bridgehead atoms. The number of hydrogen-bond donors (Lipinski definition) is 0. The van der Waals surface area contributed by atoms with Gasteiger partial charge < -0.3 is 4.74 Å². The number of halogens is 2. The molecule has 0 aromatic heterocycles. The van der Waals surface area contributed by atoms with E-state index >= 15 is 0 Å². The molecule has 0 aliphatic heterocycles. The Morgan fingerprint density at radius 2 is 1.88 bits per heavy atom. The summed E-state index contributed by atoms with van der Waals surface area (Å²) >= 11 is 5.81. The monoisotopic (exact) mass is 236 g/mol. The fraction of sp³-hybridized carbons (Fsp3) is 0.0769. The summed E-state index contributed by atoms with van der Waals surface area (Å²) in [4.78, 5) is 0. The first-order chi connectivity index (χ1) is 7.70. The highest BCUT2D eigenvalue weighted by Crippen LogP contribution is 2.31. The van der Waals surface area contributed by atoms with Crippen molar-refractivity contribution < 1.29 is 9.13 Å². The van der Waals surface area contributed by atoms with Crippen molar-refractivity contribution in [3.8, 4) is 16.9 Å². The van der Waals surface area contributed by atoms with Gasteiger partial charge in [-0.2, -0.15) is 0 Å². The molecule has 0 N–H and O–H groups in total. The third-order valence-electron chi connectivity index (χ3n) is 2.28. The highest BCUT2D eigenvalue weighted by Gasteiger charge is 2.06. The van der Waals surface area contributed by atoms with Gasteiger partial charge >= 0.3 is 0 Å². The Kier molecular flexibility index (Phi) is 3.11. The summed E-state index contributed by atoms with van der Waals surface area (Å²) in [6, 6.07) is 11.9. The number of ether oxygens (including phenoxy) is 1. The predicted molar refractivity (Wildman–Crippen MR) is 63.4 cm³/mol. The van der Waals surface area contributed by atoms with Crippen LogP contribution >= 0.6 is 11.6 Å². The quantitative estimate of drug-likeness (QED) is 0.761. The molecule has 0 heterocycles. The molecule has 82 valence electrons. The van der Waals surface area contributed by atoms with Crippen molar-refractivity contribution in [1.29, 1.82) is 0 Å². The topological polar surface area (TPSA) is 9.23 Å². The minimum absolute atomic E-state index is 0.353. The van der Waals surface area contributed by atoms with Gasteiger partial charge in [0, 0.05) is 10.6 Å². The van der Waals surface area contributed by atoms with Crippen LogP contribution in [0.3, 0.4) is 0 Å². The predicted octanol–water partition coefficient (Wildman–Crippen LogP) is 4.15. The number of hydrogen-bond acceptors (Lipinski definition) is 1. The summed E-state index contributed by atoms with van der Waals surface area (Å²) in [5.74, 6) is 0.345.